The molecule has 4 aliphatic heterocycles. The Balaban J connectivity index is 0.000000246. The number of benzene rings is 4. The van der Waals surface area contributed by atoms with Crippen LogP contribution in [0.4, 0.5) is 0 Å². The van der Waals surface area contributed by atoms with E-state index < -0.39 is 95.6 Å². The molecule has 0 bridgehead atoms. The molecular formula is C64H82N6O16. The van der Waals surface area contributed by atoms with Gasteiger partial charge in [-0.25, -0.2) is 0 Å². The topological polar surface area (TPSA) is 294 Å². The first-order valence-corrected chi connectivity index (χ1v) is 29.2. The van der Waals surface area contributed by atoms with Gasteiger partial charge in [-0.2, -0.15) is 0 Å². The number of ether oxygens (including phenoxy) is 6. The van der Waals surface area contributed by atoms with E-state index in [4.69, 9.17) is 28.4 Å². The van der Waals surface area contributed by atoms with Crippen LogP contribution in [0.1, 0.15) is 48.9 Å². The lowest BCUT2D eigenvalue weighted by atomic mass is 9.89. The van der Waals surface area contributed by atoms with Gasteiger partial charge in [0.25, 0.3) is 0 Å². The number of rotatable bonds is 32. The standard InChI is InChI=1S/2C32H41N3O8/c2*1-32(21-43-32)30(39)26(17-22-6-4-3-5-7-22)34-31(40)24(16-23-8-10-25(41-2)11-9-23)18-28(37)27(20-36)33-29(38)19-35-12-14-42-15-13-35/h2*3-11,24,26-27,36H,12-21H2,1-2H3,(H,33,38)(H,34,40)/t24-,26+,27+,32-;24-,26+,27-,32-/m11/s1. The zero-order chi connectivity index (χ0) is 61.6. The van der Waals surface area contributed by atoms with Crippen LogP contribution in [0.15, 0.2) is 109 Å². The molecule has 0 saturated carbocycles. The fourth-order valence-electron chi connectivity index (χ4n) is 10.2. The highest BCUT2D eigenvalue weighted by molar-refractivity contribution is 5.99. The van der Waals surface area contributed by atoms with Crippen LogP contribution in [0.3, 0.4) is 0 Å². The van der Waals surface area contributed by atoms with Crippen molar-refractivity contribution in [1.29, 1.82) is 0 Å². The third kappa shape index (κ3) is 20.4. The fraction of sp³-hybridized carbons (Fsp3) is 0.500. The Morgan fingerprint density at radius 2 is 0.802 bits per heavy atom. The van der Waals surface area contributed by atoms with E-state index >= 15 is 0 Å². The Morgan fingerprint density at radius 1 is 0.477 bits per heavy atom. The molecule has 4 aromatic carbocycles. The second kappa shape index (κ2) is 32.5. The summed E-state index contributed by atoms with van der Waals surface area (Å²) >= 11 is 0. The Morgan fingerprint density at radius 3 is 1.10 bits per heavy atom. The quantitative estimate of drug-likeness (QED) is 0.0377. The molecule has 0 radical (unpaired) electrons. The first kappa shape index (κ1) is 66.2. The molecule has 8 atom stereocenters. The van der Waals surface area contributed by atoms with E-state index in [1.54, 1.807) is 52.3 Å². The highest BCUT2D eigenvalue weighted by Gasteiger charge is 2.51. The van der Waals surface area contributed by atoms with Gasteiger partial charge in [0.15, 0.2) is 23.1 Å². The number of ketones is 4. The van der Waals surface area contributed by atoms with Gasteiger partial charge in [0.05, 0.1) is 92.2 Å². The van der Waals surface area contributed by atoms with Crippen LogP contribution in [0.5, 0.6) is 11.5 Å². The molecule has 464 valence electrons. The van der Waals surface area contributed by atoms with Crippen molar-refractivity contribution in [2.24, 2.45) is 11.8 Å². The van der Waals surface area contributed by atoms with Crippen molar-refractivity contribution < 1.29 is 77.0 Å². The Kier molecular flexibility index (Phi) is 25.0. The van der Waals surface area contributed by atoms with E-state index in [0.717, 1.165) is 22.3 Å². The maximum Gasteiger partial charge on any atom is 0.234 e. The monoisotopic (exact) mass is 1190 g/mol. The molecular weight excluding hydrogens is 1110 g/mol. The summed E-state index contributed by atoms with van der Waals surface area (Å²) in [6.45, 7) is 7.40. The molecule has 4 aromatic rings. The van der Waals surface area contributed by atoms with Crippen molar-refractivity contribution in [2.45, 2.75) is 87.7 Å². The van der Waals surface area contributed by atoms with Gasteiger partial charge in [0.1, 0.15) is 34.8 Å². The first-order chi connectivity index (χ1) is 41.4. The number of methoxy groups -OCH3 is 2. The maximum atomic E-state index is 13.8. The highest BCUT2D eigenvalue weighted by atomic mass is 16.6. The van der Waals surface area contributed by atoms with Crippen LogP contribution in [0.25, 0.3) is 0 Å². The summed E-state index contributed by atoms with van der Waals surface area (Å²) in [5.74, 6) is -3.59. The summed E-state index contributed by atoms with van der Waals surface area (Å²) in [5, 5.41) is 31.0. The number of nitrogens with one attached hydrogen (secondary N) is 4. The average Bonchev–Trinajstić information content (AvgIpc) is 2.06. The molecule has 86 heavy (non-hydrogen) atoms. The minimum Gasteiger partial charge on any atom is -0.497 e. The number of amides is 4. The molecule has 6 N–H and O–H groups in total. The van der Waals surface area contributed by atoms with Crippen molar-refractivity contribution in [3.63, 3.8) is 0 Å². The van der Waals surface area contributed by atoms with Crippen molar-refractivity contribution >= 4 is 46.8 Å². The number of carbonyl (C=O) groups is 8. The third-order valence-electron chi connectivity index (χ3n) is 15.7. The van der Waals surface area contributed by atoms with Crippen molar-refractivity contribution in [1.82, 2.24) is 31.1 Å². The van der Waals surface area contributed by atoms with Gasteiger partial charge in [-0.05, 0) is 86.1 Å². The first-order valence-electron chi connectivity index (χ1n) is 29.2. The minimum atomic E-state index is -1.17. The number of hydrogen-bond donors (Lipinski definition) is 6. The van der Waals surface area contributed by atoms with Gasteiger partial charge in [-0.3, -0.25) is 48.2 Å². The lowest BCUT2D eigenvalue weighted by Crippen LogP contribution is -2.51. The van der Waals surface area contributed by atoms with Crippen LogP contribution < -0.4 is 30.7 Å². The number of aliphatic hydroxyl groups is 2. The van der Waals surface area contributed by atoms with E-state index in [1.807, 2.05) is 94.7 Å². The summed E-state index contributed by atoms with van der Waals surface area (Å²) in [6, 6.07) is 29.0. The SMILES string of the molecule is COc1ccc(C[C@H](CC(=O)[C@@H](CO)NC(=O)CN2CCOCC2)C(=O)N[C@@H](Cc2ccccc2)C(=O)[C@@]2(C)CO2)cc1.COc1ccc(C[C@H](CC(=O)[C@H](CO)NC(=O)CN2CCOCC2)C(=O)N[C@@H](Cc2ccccc2)C(=O)[C@@]2(C)CO2)cc1. The molecule has 0 spiro atoms. The number of hydrogen-bond acceptors (Lipinski definition) is 18. The van der Waals surface area contributed by atoms with E-state index in [-0.39, 0.29) is 76.4 Å². The second-order valence-corrected chi connectivity index (χ2v) is 22.5. The Labute approximate surface area is 501 Å². The van der Waals surface area contributed by atoms with Gasteiger partial charge < -0.3 is 59.9 Å². The number of nitrogens with zero attached hydrogens (tertiary/aromatic N) is 2. The molecule has 0 unspecified atom stereocenters. The normalized spacial score (nSPS) is 20.3. The van der Waals surface area contributed by atoms with E-state index in [1.165, 1.54) is 0 Å². The summed E-state index contributed by atoms with van der Waals surface area (Å²) < 4.78 is 31.9. The third-order valence-corrected chi connectivity index (χ3v) is 15.7. The summed E-state index contributed by atoms with van der Waals surface area (Å²) in [7, 11) is 3.11. The number of morpholine rings is 2. The molecule has 0 aromatic heterocycles. The van der Waals surface area contributed by atoms with E-state index in [2.05, 4.69) is 21.3 Å². The molecule has 4 saturated heterocycles. The van der Waals surface area contributed by atoms with Crippen molar-refractivity contribution in [3.8, 4) is 11.5 Å². The van der Waals surface area contributed by atoms with Gasteiger partial charge >= 0.3 is 0 Å². The lowest BCUT2D eigenvalue weighted by molar-refractivity contribution is -0.135. The fourth-order valence-corrected chi connectivity index (χ4v) is 10.2. The van der Waals surface area contributed by atoms with Crippen LogP contribution in [0.2, 0.25) is 0 Å². The van der Waals surface area contributed by atoms with Crippen LogP contribution in [-0.4, -0.2) is 208 Å². The predicted octanol–water partition coefficient (Wildman–Crippen LogP) is 1.42. The van der Waals surface area contributed by atoms with Crippen molar-refractivity contribution in [3.05, 3.63) is 131 Å². The second-order valence-electron chi connectivity index (χ2n) is 22.5. The molecule has 4 fully saturated rings. The molecule has 8 rings (SSSR count). The van der Waals surface area contributed by atoms with Gasteiger partial charge in [0, 0.05) is 50.9 Å². The molecule has 0 aliphatic carbocycles. The number of carbonyl (C=O) groups excluding carboxylic acids is 8. The van der Waals surface area contributed by atoms with Crippen LogP contribution in [0, 0.1) is 11.8 Å². The molecule has 4 aliphatic rings. The molecule has 22 heteroatoms. The zero-order valence-electron chi connectivity index (χ0n) is 49.5. The van der Waals surface area contributed by atoms with Crippen LogP contribution >= 0.6 is 0 Å². The Hall–Kier alpha value is -7.28. The summed E-state index contributed by atoms with van der Waals surface area (Å²) in [6.07, 6.45) is 0.430. The predicted molar refractivity (Wildman–Crippen MR) is 315 cm³/mol. The van der Waals surface area contributed by atoms with Gasteiger partial charge in [0.2, 0.25) is 23.6 Å². The number of epoxide rings is 2. The smallest absolute Gasteiger partial charge is 0.234 e. The van der Waals surface area contributed by atoms with Gasteiger partial charge in [-0.1, -0.05) is 84.9 Å². The minimum absolute atomic E-state index is 0.0764. The average molecular weight is 1190 g/mol. The Bertz CT molecular complexity index is 2680. The van der Waals surface area contributed by atoms with Crippen LogP contribution in [-0.2, 0) is 83.0 Å². The highest BCUT2D eigenvalue weighted by Crippen LogP contribution is 2.31. The lowest BCUT2D eigenvalue weighted by Gasteiger charge is -2.27. The van der Waals surface area contributed by atoms with E-state index in [0.29, 0.717) is 64.1 Å². The summed E-state index contributed by atoms with van der Waals surface area (Å²) in [5.41, 5.74) is 1.40. The van der Waals surface area contributed by atoms with E-state index in [9.17, 15) is 48.6 Å². The molecule has 22 nitrogen and oxygen atoms in total. The van der Waals surface area contributed by atoms with Gasteiger partial charge in [-0.15, -0.1) is 0 Å². The molecule has 4 heterocycles. The maximum absolute atomic E-state index is 13.8. The summed E-state index contributed by atoms with van der Waals surface area (Å²) in [4.78, 5) is 110. The number of aliphatic hydroxyl groups excluding tert-OH is 2. The number of Topliss-reactive ketones (excluding diaryl/α,β-unsaturated/α-hetero) is 4. The zero-order valence-corrected chi connectivity index (χ0v) is 49.5. The van der Waals surface area contributed by atoms with Crippen molar-refractivity contribution in [2.75, 3.05) is 106 Å². The largest absolute Gasteiger partial charge is 0.497 e. The molecule has 4 amide bonds.